The zero-order chi connectivity index (χ0) is 17.7. The molecule has 7 nitrogen and oxygen atoms in total. The summed E-state index contributed by atoms with van der Waals surface area (Å²) in [6, 6.07) is 9.21. The highest BCUT2D eigenvalue weighted by Gasteiger charge is 2.19. The Kier molecular flexibility index (Phi) is 5.40. The fourth-order valence-corrected chi connectivity index (χ4v) is 3.14. The van der Waals surface area contributed by atoms with Gasteiger partial charge in [0.1, 0.15) is 23.0 Å². The molecule has 0 aromatic heterocycles. The van der Waals surface area contributed by atoms with Crippen molar-refractivity contribution >= 4 is 15.7 Å². The van der Waals surface area contributed by atoms with Crippen molar-refractivity contribution in [2.45, 2.75) is 4.90 Å². The predicted octanol–water partition coefficient (Wildman–Crippen LogP) is 2.52. The van der Waals surface area contributed by atoms with Gasteiger partial charge in [0.05, 0.1) is 39.0 Å². The number of hydrogen-bond donors (Lipinski definition) is 1. The third-order valence-electron chi connectivity index (χ3n) is 3.29. The van der Waals surface area contributed by atoms with Gasteiger partial charge in [-0.15, -0.1) is 0 Å². The number of nitrogens with one attached hydrogen (secondary N) is 1. The molecule has 0 unspecified atom stereocenters. The molecule has 2 aromatic carbocycles. The molecular formula is C16H19NO6S. The van der Waals surface area contributed by atoms with Crippen molar-refractivity contribution in [1.82, 2.24) is 0 Å². The first kappa shape index (κ1) is 17.7. The topological polar surface area (TPSA) is 83.1 Å². The van der Waals surface area contributed by atoms with Crippen LogP contribution in [0.25, 0.3) is 0 Å². The summed E-state index contributed by atoms with van der Waals surface area (Å²) in [5.74, 6) is 1.60. The van der Waals surface area contributed by atoms with Crippen LogP contribution in [0.15, 0.2) is 41.3 Å². The molecule has 0 spiro atoms. The second-order valence-electron chi connectivity index (χ2n) is 4.72. The lowest BCUT2D eigenvalue weighted by Crippen LogP contribution is -2.14. The van der Waals surface area contributed by atoms with Crippen LogP contribution in [0.2, 0.25) is 0 Å². The van der Waals surface area contributed by atoms with E-state index in [9.17, 15) is 8.42 Å². The molecule has 0 aliphatic carbocycles. The molecule has 0 radical (unpaired) electrons. The molecule has 0 fully saturated rings. The molecule has 2 rings (SSSR count). The van der Waals surface area contributed by atoms with Crippen LogP contribution in [-0.4, -0.2) is 36.9 Å². The summed E-state index contributed by atoms with van der Waals surface area (Å²) in [5.41, 5.74) is 0.263. The molecule has 0 atom stereocenters. The molecule has 8 heteroatoms. The van der Waals surface area contributed by atoms with Gasteiger partial charge in [0.2, 0.25) is 0 Å². The van der Waals surface area contributed by atoms with Gasteiger partial charge < -0.3 is 18.9 Å². The second kappa shape index (κ2) is 7.31. The standard InChI is InChI=1S/C16H19NO6S/c1-20-11-5-6-16(23-4)15(10-11)17-24(18,19)14-8-12(21-2)7-13(9-14)22-3/h5-10,17H,1-4H3. The van der Waals surface area contributed by atoms with E-state index in [-0.39, 0.29) is 10.6 Å². The van der Waals surface area contributed by atoms with Crippen molar-refractivity contribution in [3.63, 3.8) is 0 Å². The summed E-state index contributed by atoms with van der Waals surface area (Å²) in [7, 11) is 1.96. The molecule has 0 bridgehead atoms. The molecule has 0 heterocycles. The van der Waals surface area contributed by atoms with Gasteiger partial charge in [0, 0.05) is 24.3 Å². The van der Waals surface area contributed by atoms with Gasteiger partial charge in [0.15, 0.2) is 0 Å². The maximum absolute atomic E-state index is 12.7. The average Bonchev–Trinajstić information content (AvgIpc) is 2.60. The Morgan fingerprint density at radius 2 is 1.33 bits per heavy atom. The van der Waals surface area contributed by atoms with Gasteiger partial charge in [-0.2, -0.15) is 0 Å². The van der Waals surface area contributed by atoms with Crippen LogP contribution in [0.1, 0.15) is 0 Å². The van der Waals surface area contributed by atoms with Crippen molar-refractivity contribution < 1.29 is 27.4 Å². The Bertz CT molecular complexity index is 797. The highest BCUT2D eigenvalue weighted by molar-refractivity contribution is 7.92. The predicted molar refractivity (Wildman–Crippen MR) is 89.9 cm³/mol. The quantitative estimate of drug-likeness (QED) is 0.823. The second-order valence-corrected chi connectivity index (χ2v) is 6.40. The highest BCUT2D eigenvalue weighted by atomic mass is 32.2. The minimum absolute atomic E-state index is 0.00331. The summed E-state index contributed by atoms with van der Waals surface area (Å²) >= 11 is 0. The lowest BCUT2D eigenvalue weighted by atomic mass is 10.3. The van der Waals surface area contributed by atoms with Crippen LogP contribution in [0.4, 0.5) is 5.69 Å². The number of anilines is 1. The van der Waals surface area contributed by atoms with Gasteiger partial charge in [-0.3, -0.25) is 4.72 Å². The van der Waals surface area contributed by atoms with Crippen molar-refractivity contribution in [3.8, 4) is 23.0 Å². The van der Waals surface area contributed by atoms with Crippen LogP contribution < -0.4 is 23.7 Å². The maximum atomic E-state index is 12.7. The van der Waals surface area contributed by atoms with E-state index in [0.29, 0.717) is 23.0 Å². The zero-order valence-corrected chi connectivity index (χ0v) is 14.6. The summed E-state index contributed by atoms with van der Waals surface area (Å²) in [5, 5.41) is 0. The average molecular weight is 353 g/mol. The number of hydrogen-bond acceptors (Lipinski definition) is 6. The number of rotatable bonds is 7. The van der Waals surface area contributed by atoms with E-state index >= 15 is 0 Å². The van der Waals surface area contributed by atoms with E-state index in [4.69, 9.17) is 18.9 Å². The molecular weight excluding hydrogens is 334 g/mol. The summed E-state index contributed by atoms with van der Waals surface area (Å²) in [6.07, 6.45) is 0. The molecule has 24 heavy (non-hydrogen) atoms. The summed E-state index contributed by atoms with van der Waals surface area (Å²) < 4.78 is 48.4. The summed E-state index contributed by atoms with van der Waals surface area (Å²) in [4.78, 5) is 0.00331. The van der Waals surface area contributed by atoms with Crippen molar-refractivity contribution in [2.75, 3.05) is 33.2 Å². The molecule has 1 N–H and O–H groups in total. The molecule has 0 saturated carbocycles. The normalized spacial score (nSPS) is 10.8. The van der Waals surface area contributed by atoms with Gasteiger partial charge in [-0.25, -0.2) is 8.42 Å². The highest BCUT2D eigenvalue weighted by Crippen LogP contribution is 2.32. The number of ether oxygens (including phenoxy) is 4. The van der Waals surface area contributed by atoms with Crippen LogP contribution >= 0.6 is 0 Å². The van der Waals surface area contributed by atoms with Gasteiger partial charge in [0.25, 0.3) is 10.0 Å². The first-order valence-corrected chi connectivity index (χ1v) is 8.39. The lowest BCUT2D eigenvalue weighted by Gasteiger charge is -2.14. The SMILES string of the molecule is COc1cc(OC)cc(S(=O)(=O)Nc2cc(OC)ccc2OC)c1. The largest absolute Gasteiger partial charge is 0.497 e. The Morgan fingerprint density at radius 1 is 0.750 bits per heavy atom. The molecule has 130 valence electrons. The number of sulfonamides is 1. The van der Waals surface area contributed by atoms with Crippen LogP contribution in [-0.2, 0) is 10.0 Å². The van der Waals surface area contributed by atoms with E-state index in [2.05, 4.69) is 4.72 Å². The lowest BCUT2D eigenvalue weighted by molar-refractivity contribution is 0.392. The van der Waals surface area contributed by atoms with E-state index in [1.54, 1.807) is 18.2 Å². The Labute approximate surface area is 141 Å². The van der Waals surface area contributed by atoms with Crippen LogP contribution in [0.3, 0.4) is 0 Å². The fraction of sp³-hybridized carbons (Fsp3) is 0.250. The Balaban J connectivity index is 2.45. The van der Waals surface area contributed by atoms with Crippen molar-refractivity contribution in [2.24, 2.45) is 0 Å². The van der Waals surface area contributed by atoms with Gasteiger partial charge in [-0.05, 0) is 12.1 Å². The Morgan fingerprint density at radius 3 is 1.83 bits per heavy atom. The summed E-state index contributed by atoms with van der Waals surface area (Å²) in [6.45, 7) is 0. The fourth-order valence-electron chi connectivity index (χ4n) is 2.03. The smallest absolute Gasteiger partial charge is 0.262 e. The number of methoxy groups -OCH3 is 4. The van der Waals surface area contributed by atoms with Gasteiger partial charge >= 0.3 is 0 Å². The molecule has 0 saturated heterocycles. The van der Waals surface area contributed by atoms with E-state index in [1.165, 1.54) is 46.6 Å². The van der Waals surface area contributed by atoms with Crippen molar-refractivity contribution in [3.05, 3.63) is 36.4 Å². The molecule has 0 aliphatic rings. The van der Waals surface area contributed by atoms with Gasteiger partial charge in [-0.1, -0.05) is 0 Å². The molecule has 0 amide bonds. The number of benzene rings is 2. The van der Waals surface area contributed by atoms with Crippen LogP contribution in [0.5, 0.6) is 23.0 Å². The minimum Gasteiger partial charge on any atom is -0.497 e. The zero-order valence-electron chi connectivity index (χ0n) is 13.8. The first-order valence-electron chi connectivity index (χ1n) is 6.91. The molecule has 0 aliphatic heterocycles. The van der Waals surface area contributed by atoms with Crippen LogP contribution in [0, 0.1) is 0 Å². The first-order chi connectivity index (χ1) is 11.4. The Hall–Kier alpha value is -2.61. The van der Waals surface area contributed by atoms with E-state index in [0.717, 1.165) is 0 Å². The molecule has 2 aromatic rings. The monoisotopic (exact) mass is 353 g/mol. The third-order valence-corrected chi connectivity index (χ3v) is 4.63. The minimum atomic E-state index is -3.88. The van der Waals surface area contributed by atoms with Crippen molar-refractivity contribution in [1.29, 1.82) is 0 Å². The van der Waals surface area contributed by atoms with E-state index in [1.807, 2.05) is 0 Å². The third kappa shape index (κ3) is 3.83. The maximum Gasteiger partial charge on any atom is 0.262 e. The van der Waals surface area contributed by atoms with E-state index < -0.39 is 10.0 Å².